The number of nitrogens with one attached hydrogen (secondary N) is 1. The number of hydrogen-bond acceptors (Lipinski definition) is 4. The molecule has 2 aromatic heterocycles. The first-order valence-corrected chi connectivity index (χ1v) is 6.26. The highest BCUT2D eigenvalue weighted by Gasteiger charge is 2.39. The van der Waals surface area contributed by atoms with Crippen molar-refractivity contribution < 1.29 is 0 Å². The Hall–Kier alpha value is -1.97. The summed E-state index contributed by atoms with van der Waals surface area (Å²) in [6.07, 6.45) is 10.9. The summed E-state index contributed by atoms with van der Waals surface area (Å²) in [5.74, 6) is 0.698. The van der Waals surface area contributed by atoms with Crippen molar-refractivity contribution in [2.24, 2.45) is 0 Å². The first-order chi connectivity index (χ1) is 8.78. The van der Waals surface area contributed by atoms with E-state index in [2.05, 4.69) is 26.3 Å². The van der Waals surface area contributed by atoms with Gasteiger partial charge in [0.05, 0.1) is 5.54 Å². The predicted molar refractivity (Wildman–Crippen MR) is 70.2 cm³/mol. The normalized spacial score (nSPS) is 16.9. The van der Waals surface area contributed by atoms with Crippen LogP contribution in [0.4, 0.5) is 5.95 Å². The topological polar surface area (TPSA) is 50.7 Å². The van der Waals surface area contributed by atoms with Crippen molar-refractivity contribution in [2.45, 2.75) is 31.7 Å². The highest BCUT2D eigenvalue weighted by atomic mass is 15.1. The third-order valence-corrected chi connectivity index (χ3v) is 3.55. The van der Waals surface area contributed by atoms with Gasteiger partial charge in [0.25, 0.3) is 0 Å². The lowest BCUT2D eigenvalue weighted by molar-refractivity contribution is 0.282. The quantitative estimate of drug-likeness (QED) is 0.896. The minimum Gasteiger partial charge on any atom is -0.345 e. The number of nitrogens with zero attached hydrogens (tertiary/aromatic N) is 3. The number of aryl methyl sites for hydroxylation is 1. The maximum atomic E-state index is 4.33. The van der Waals surface area contributed by atoms with Crippen LogP contribution in [0.5, 0.6) is 0 Å². The second kappa shape index (κ2) is 4.37. The van der Waals surface area contributed by atoms with Crippen molar-refractivity contribution in [2.75, 3.05) is 5.32 Å². The minimum absolute atomic E-state index is 0.0243. The predicted octanol–water partition coefficient (Wildman–Crippen LogP) is 2.67. The molecule has 18 heavy (non-hydrogen) atoms. The van der Waals surface area contributed by atoms with Gasteiger partial charge in [-0.25, -0.2) is 9.97 Å². The molecule has 1 fully saturated rings. The van der Waals surface area contributed by atoms with E-state index in [1.54, 1.807) is 6.20 Å². The lowest BCUT2D eigenvalue weighted by atomic mass is 9.72. The fourth-order valence-corrected chi connectivity index (χ4v) is 2.33. The molecule has 0 saturated heterocycles. The molecular weight excluding hydrogens is 224 g/mol. The van der Waals surface area contributed by atoms with Crippen molar-refractivity contribution in [3.05, 3.63) is 48.0 Å². The van der Waals surface area contributed by atoms with Crippen LogP contribution in [0.3, 0.4) is 0 Å². The Morgan fingerprint density at radius 2 is 1.94 bits per heavy atom. The molecule has 0 aromatic carbocycles. The molecule has 0 aliphatic heterocycles. The van der Waals surface area contributed by atoms with E-state index in [4.69, 9.17) is 0 Å². The summed E-state index contributed by atoms with van der Waals surface area (Å²) >= 11 is 0. The van der Waals surface area contributed by atoms with Crippen molar-refractivity contribution in [1.29, 1.82) is 0 Å². The van der Waals surface area contributed by atoms with Gasteiger partial charge in [-0.15, -0.1) is 0 Å². The molecule has 0 amide bonds. The van der Waals surface area contributed by atoms with Crippen molar-refractivity contribution >= 4 is 5.95 Å². The van der Waals surface area contributed by atoms with Crippen LogP contribution >= 0.6 is 0 Å². The summed E-state index contributed by atoms with van der Waals surface area (Å²) in [4.78, 5) is 12.9. The van der Waals surface area contributed by atoms with Crippen LogP contribution in [0.1, 0.15) is 30.4 Å². The van der Waals surface area contributed by atoms with E-state index in [0.717, 1.165) is 18.4 Å². The third-order valence-electron chi connectivity index (χ3n) is 3.55. The van der Waals surface area contributed by atoms with E-state index in [1.165, 1.54) is 12.0 Å². The van der Waals surface area contributed by atoms with Gasteiger partial charge in [-0.3, -0.25) is 4.98 Å². The first kappa shape index (κ1) is 11.1. The smallest absolute Gasteiger partial charge is 0.223 e. The first-order valence-electron chi connectivity index (χ1n) is 6.26. The largest absolute Gasteiger partial charge is 0.345 e. The van der Waals surface area contributed by atoms with Gasteiger partial charge in [0.1, 0.15) is 0 Å². The number of rotatable bonds is 3. The van der Waals surface area contributed by atoms with E-state index in [-0.39, 0.29) is 5.54 Å². The van der Waals surface area contributed by atoms with Gasteiger partial charge < -0.3 is 5.32 Å². The Balaban J connectivity index is 1.87. The van der Waals surface area contributed by atoms with Gasteiger partial charge >= 0.3 is 0 Å². The van der Waals surface area contributed by atoms with Gasteiger partial charge in [0, 0.05) is 24.8 Å². The van der Waals surface area contributed by atoms with Crippen LogP contribution in [0, 0.1) is 6.92 Å². The Kier molecular flexibility index (Phi) is 2.70. The third kappa shape index (κ3) is 1.94. The molecule has 4 heteroatoms. The number of anilines is 1. The summed E-state index contributed by atoms with van der Waals surface area (Å²) in [7, 11) is 0. The number of pyridine rings is 1. The summed E-state index contributed by atoms with van der Waals surface area (Å²) in [5.41, 5.74) is 2.27. The minimum atomic E-state index is -0.0243. The van der Waals surface area contributed by atoms with Crippen LogP contribution in [0.15, 0.2) is 36.9 Å². The molecule has 1 N–H and O–H groups in total. The van der Waals surface area contributed by atoms with Crippen molar-refractivity contribution in [3.63, 3.8) is 0 Å². The van der Waals surface area contributed by atoms with Crippen molar-refractivity contribution in [3.8, 4) is 0 Å². The Morgan fingerprint density at radius 1 is 1.17 bits per heavy atom. The summed E-state index contributed by atoms with van der Waals surface area (Å²) < 4.78 is 0. The molecule has 0 radical (unpaired) electrons. The van der Waals surface area contributed by atoms with E-state index in [0.29, 0.717) is 5.95 Å². The lowest BCUT2D eigenvalue weighted by Crippen LogP contribution is -2.42. The molecule has 0 spiro atoms. The zero-order valence-corrected chi connectivity index (χ0v) is 10.4. The standard InChI is InChI=1S/C14H16N4/c1-11-8-16-13(17-9-11)18-14(5-3-6-14)12-4-2-7-15-10-12/h2,4,7-10H,3,5-6H2,1H3,(H,16,17,18). The van der Waals surface area contributed by atoms with Gasteiger partial charge in [0.15, 0.2) is 0 Å². The summed E-state index contributed by atoms with van der Waals surface area (Å²) in [5, 5.41) is 3.47. The molecule has 2 aromatic rings. The molecule has 1 aliphatic carbocycles. The molecule has 4 nitrogen and oxygen atoms in total. The Morgan fingerprint density at radius 3 is 2.50 bits per heavy atom. The highest BCUT2D eigenvalue weighted by molar-refractivity contribution is 5.38. The fraction of sp³-hybridized carbons (Fsp3) is 0.357. The maximum absolute atomic E-state index is 4.33. The maximum Gasteiger partial charge on any atom is 0.223 e. The second-order valence-electron chi connectivity index (χ2n) is 4.89. The Bertz CT molecular complexity index is 517. The van der Waals surface area contributed by atoms with Gasteiger partial charge in [-0.05, 0) is 43.4 Å². The van der Waals surface area contributed by atoms with E-state index in [9.17, 15) is 0 Å². The molecule has 1 aliphatic rings. The monoisotopic (exact) mass is 240 g/mol. The highest BCUT2D eigenvalue weighted by Crippen LogP contribution is 2.43. The van der Waals surface area contributed by atoms with Gasteiger partial charge in [-0.2, -0.15) is 0 Å². The molecule has 0 bridgehead atoms. The molecule has 92 valence electrons. The summed E-state index contributed by atoms with van der Waals surface area (Å²) in [6, 6.07) is 4.10. The number of hydrogen-bond donors (Lipinski definition) is 1. The molecule has 1 saturated carbocycles. The van der Waals surface area contributed by atoms with Crippen LogP contribution in [-0.4, -0.2) is 15.0 Å². The second-order valence-corrected chi connectivity index (χ2v) is 4.89. The molecule has 3 rings (SSSR count). The zero-order valence-electron chi connectivity index (χ0n) is 10.4. The number of aromatic nitrogens is 3. The average Bonchev–Trinajstić information content (AvgIpc) is 2.37. The average molecular weight is 240 g/mol. The SMILES string of the molecule is Cc1cnc(NC2(c3cccnc3)CCC2)nc1. The fourth-order valence-electron chi connectivity index (χ4n) is 2.33. The van der Waals surface area contributed by atoms with Crippen molar-refractivity contribution in [1.82, 2.24) is 15.0 Å². The van der Waals surface area contributed by atoms with E-state index < -0.39 is 0 Å². The molecule has 0 unspecified atom stereocenters. The van der Waals surface area contributed by atoms with Gasteiger partial charge in [0.2, 0.25) is 5.95 Å². The van der Waals surface area contributed by atoms with Crippen LogP contribution in [-0.2, 0) is 5.54 Å². The van der Waals surface area contributed by atoms with Crippen LogP contribution in [0.25, 0.3) is 0 Å². The van der Waals surface area contributed by atoms with Crippen LogP contribution in [0.2, 0.25) is 0 Å². The van der Waals surface area contributed by atoms with E-state index >= 15 is 0 Å². The van der Waals surface area contributed by atoms with Gasteiger partial charge in [-0.1, -0.05) is 6.07 Å². The van der Waals surface area contributed by atoms with E-state index in [1.807, 2.05) is 31.6 Å². The summed E-state index contributed by atoms with van der Waals surface area (Å²) in [6.45, 7) is 1.99. The molecule has 2 heterocycles. The Labute approximate surface area is 107 Å². The lowest BCUT2D eigenvalue weighted by Gasteiger charge is -2.42. The zero-order chi connectivity index (χ0) is 12.4. The molecular formula is C14H16N4. The molecule has 0 atom stereocenters. The van der Waals surface area contributed by atoms with Crippen LogP contribution < -0.4 is 5.32 Å².